The molecule has 7 heteroatoms. The fourth-order valence-corrected chi connectivity index (χ4v) is 5.44. The van der Waals surface area contributed by atoms with Crippen LogP contribution in [0.3, 0.4) is 0 Å². The van der Waals surface area contributed by atoms with Crippen molar-refractivity contribution in [3.8, 4) is 34.3 Å². The predicted molar refractivity (Wildman–Crippen MR) is 129 cm³/mol. The Balaban J connectivity index is 1.27. The van der Waals surface area contributed by atoms with Crippen molar-refractivity contribution in [2.75, 3.05) is 24.0 Å². The summed E-state index contributed by atoms with van der Waals surface area (Å²) >= 11 is 0. The number of aromatic nitrogens is 1. The minimum absolute atomic E-state index is 0.525. The second-order valence-electron chi connectivity index (χ2n) is 7.73. The molecule has 1 N–H and O–H groups in total. The highest BCUT2D eigenvalue weighted by atomic mass is 32.2. The summed E-state index contributed by atoms with van der Waals surface area (Å²) < 4.78 is 25.9. The summed E-state index contributed by atoms with van der Waals surface area (Å²) in [6.45, 7) is 1.11. The molecule has 0 fully saturated rings. The van der Waals surface area contributed by atoms with Gasteiger partial charge in [0.05, 0.1) is 11.6 Å². The number of benzene rings is 3. The van der Waals surface area contributed by atoms with Gasteiger partial charge in [0.25, 0.3) is 0 Å². The van der Waals surface area contributed by atoms with Gasteiger partial charge < -0.3 is 19.1 Å². The summed E-state index contributed by atoms with van der Waals surface area (Å²) in [5, 5.41) is 0. The lowest BCUT2D eigenvalue weighted by Gasteiger charge is -2.20. The monoisotopic (exact) mass is 455 g/mol. The van der Waals surface area contributed by atoms with Crippen LogP contribution in [-0.2, 0) is 10.7 Å². The second-order valence-corrected chi connectivity index (χ2v) is 9.21. The van der Waals surface area contributed by atoms with Crippen LogP contribution in [0.2, 0.25) is 0 Å². The number of rotatable bonds is 4. The molecule has 2 aliphatic rings. The quantitative estimate of drug-likeness (QED) is 0.399. The largest absolute Gasteiger partial charge is 0.486 e. The van der Waals surface area contributed by atoms with Gasteiger partial charge in [-0.3, -0.25) is 4.78 Å². The number of ether oxygens (including phenoxy) is 3. The van der Waals surface area contributed by atoms with Crippen LogP contribution in [-0.4, -0.2) is 24.1 Å². The maximum absolute atomic E-state index is 8.38. The Morgan fingerprint density at radius 2 is 1.70 bits per heavy atom. The van der Waals surface area contributed by atoms with E-state index in [1.807, 2.05) is 72.8 Å². The molecule has 2 aliphatic heterocycles. The number of nitrogens with zero attached hydrogens (tertiary/aromatic N) is 2. The fraction of sp³-hybridized carbons (Fsp3) is 0.115. The van der Waals surface area contributed by atoms with E-state index in [4.69, 9.17) is 19.0 Å². The van der Waals surface area contributed by atoms with Gasteiger partial charge in [-0.25, -0.2) is 4.98 Å². The number of anilines is 2. The minimum Gasteiger partial charge on any atom is -0.486 e. The molecule has 33 heavy (non-hydrogen) atoms. The van der Waals surface area contributed by atoms with E-state index in [9.17, 15) is 0 Å². The Morgan fingerprint density at radius 3 is 2.58 bits per heavy atom. The third-order valence-corrected chi connectivity index (χ3v) is 7.06. The molecular weight excluding hydrogens is 434 g/mol. The molecule has 0 radical (unpaired) electrons. The zero-order chi connectivity index (χ0) is 22.2. The van der Waals surface area contributed by atoms with Crippen LogP contribution < -0.4 is 19.1 Å². The molecule has 0 saturated heterocycles. The molecule has 1 aromatic heterocycles. The molecule has 4 aromatic rings. The first kappa shape index (κ1) is 19.8. The number of fused-ring (bicyclic) bond motifs is 2. The maximum atomic E-state index is 8.38. The predicted octanol–water partition coefficient (Wildman–Crippen LogP) is 6.16. The smallest absolute Gasteiger partial charge is 0.227 e. The van der Waals surface area contributed by atoms with Crippen molar-refractivity contribution in [1.29, 1.82) is 4.78 Å². The molecule has 0 bridgehead atoms. The van der Waals surface area contributed by atoms with Gasteiger partial charge in [0.1, 0.15) is 19.0 Å². The van der Waals surface area contributed by atoms with E-state index in [-0.39, 0.29) is 0 Å². The highest BCUT2D eigenvalue weighted by Gasteiger charge is 2.23. The standard InChI is InChI=1S/C26H21N3O3S/c27-33-17-29(22-5-1-2-6-25(22)33)19-8-10-20(11-9-19)32-26-21(4-3-13-28-26)18-7-12-23-24(16-18)31-15-14-30-23/h1-13,16,27H,14-15,17H2. The van der Waals surface area contributed by atoms with Gasteiger partial charge in [-0.15, -0.1) is 0 Å². The zero-order valence-electron chi connectivity index (χ0n) is 17.7. The van der Waals surface area contributed by atoms with Crippen molar-refractivity contribution in [2.24, 2.45) is 0 Å². The van der Waals surface area contributed by atoms with Crippen LogP contribution in [0.5, 0.6) is 23.1 Å². The Kier molecular flexibility index (Phi) is 4.96. The fourth-order valence-electron chi connectivity index (χ4n) is 4.08. The lowest BCUT2D eigenvalue weighted by Crippen LogP contribution is -2.15. The molecule has 6 rings (SSSR count). The maximum Gasteiger partial charge on any atom is 0.227 e. The van der Waals surface area contributed by atoms with Crippen LogP contribution >= 0.6 is 0 Å². The van der Waals surface area contributed by atoms with Gasteiger partial charge in [-0.05, 0) is 66.2 Å². The molecule has 0 spiro atoms. The summed E-state index contributed by atoms with van der Waals surface area (Å²) in [4.78, 5) is 7.76. The molecule has 0 aliphatic carbocycles. The molecule has 3 heterocycles. The van der Waals surface area contributed by atoms with E-state index >= 15 is 0 Å². The van der Waals surface area contributed by atoms with E-state index < -0.39 is 10.7 Å². The van der Waals surface area contributed by atoms with Crippen LogP contribution in [0.4, 0.5) is 11.4 Å². The normalized spacial score (nSPS) is 16.4. The zero-order valence-corrected chi connectivity index (χ0v) is 18.5. The molecule has 164 valence electrons. The van der Waals surface area contributed by atoms with E-state index in [1.165, 1.54) is 0 Å². The van der Waals surface area contributed by atoms with Crippen LogP contribution in [0.15, 0.2) is 90.0 Å². The van der Waals surface area contributed by atoms with E-state index in [0.717, 1.165) is 38.9 Å². The average molecular weight is 456 g/mol. The third-order valence-electron chi connectivity index (χ3n) is 5.67. The van der Waals surface area contributed by atoms with Gasteiger partial charge in [-0.2, -0.15) is 0 Å². The van der Waals surface area contributed by atoms with Crippen molar-refractivity contribution in [3.05, 3.63) is 85.1 Å². The van der Waals surface area contributed by atoms with E-state index in [2.05, 4.69) is 16.0 Å². The topological polar surface area (TPSA) is 67.7 Å². The molecule has 3 aromatic carbocycles. The van der Waals surface area contributed by atoms with Crippen LogP contribution in [0.25, 0.3) is 11.1 Å². The number of hydrogen-bond donors (Lipinski definition) is 1. The average Bonchev–Trinajstić information content (AvgIpc) is 3.21. The van der Waals surface area contributed by atoms with Crippen LogP contribution in [0.1, 0.15) is 0 Å². The minimum atomic E-state index is -0.525. The van der Waals surface area contributed by atoms with Gasteiger partial charge >= 0.3 is 0 Å². The van der Waals surface area contributed by atoms with Crippen LogP contribution in [0, 0.1) is 4.78 Å². The highest BCUT2D eigenvalue weighted by molar-refractivity contribution is 7.86. The molecule has 1 unspecified atom stereocenters. The van der Waals surface area contributed by atoms with Crippen molar-refractivity contribution >= 4 is 22.1 Å². The summed E-state index contributed by atoms with van der Waals surface area (Å²) in [6.07, 6.45) is 1.72. The molecule has 1 atom stereocenters. The number of para-hydroxylation sites is 1. The Morgan fingerprint density at radius 1 is 0.879 bits per heavy atom. The SMILES string of the molecule is N=S1CN(c2ccc(Oc3ncccc3-c3ccc4c(c3)OCCO4)cc2)c2ccccc21. The number of pyridine rings is 1. The van der Waals surface area contributed by atoms with Gasteiger partial charge in [-0.1, -0.05) is 28.9 Å². The first-order chi connectivity index (χ1) is 16.3. The number of nitrogens with one attached hydrogen (secondary N) is 1. The Hall–Kier alpha value is -3.84. The molecule has 0 saturated carbocycles. The van der Waals surface area contributed by atoms with Crippen molar-refractivity contribution in [1.82, 2.24) is 4.98 Å². The van der Waals surface area contributed by atoms with Crippen molar-refractivity contribution in [3.63, 3.8) is 0 Å². The van der Waals surface area contributed by atoms with Crippen molar-refractivity contribution in [2.45, 2.75) is 4.90 Å². The number of hydrogen-bond acceptors (Lipinski definition) is 6. The first-order valence-corrected chi connectivity index (χ1v) is 12.1. The van der Waals surface area contributed by atoms with Gasteiger partial charge in [0, 0.05) is 22.3 Å². The molecular formula is C26H21N3O3S. The van der Waals surface area contributed by atoms with Gasteiger partial charge in [0.2, 0.25) is 5.88 Å². The third kappa shape index (κ3) is 3.70. The first-order valence-electron chi connectivity index (χ1n) is 10.7. The Labute approximate surface area is 194 Å². The van der Waals surface area contributed by atoms with Crippen molar-refractivity contribution < 1.29 is 14.2 Å². The molecule has 6 nitrogen and oxygen atoms in total. The summed E-state index contributed by atoms with van der Waals surface area (Å²) in [7, 11) is -0.525. The lowest BCUT2D eigenvalue weighted by molar-refractivity contribution is 0.171. The summed E-state index contributed by atoms with van der Waals surface area (Å²) in [5.41, 5.74) is 3.99. The molecule has 0 amide bonds. The second kappa shape index (κ2) is 8.26. The highest BCUT2D eigenvalue weighted by Crippen LogP contribution is 2.40. The lowest BCUT2D eigenvalue weighted by atomic mass is 10.1. The summed E-state index contributed by atoms with van der Waals surface area (Å²) in [5.74, 6) is 3.39. The van der Waals surface area contributed by atoms with E-state index in [1.54, 1.807) is 6.20 Å². The Bertz CT molecular complexity index is 1360. The van der Waals surface area contributed by atoms with E-state index in [0.29, 0.717) is 30.7 Å². The summed E-state index contributed by atoms with van der Waals surface area (Å²) in [6, 6.07) is 25.8. The van der Waals surface area contributed by atoms with Gasteiger partial charge in [0.15, 0.2) is 11.5 Å².